The van der Waals surface area contributed by atoms with Crippen molar-refractivity contribution < 1.29 is 0 Å². The van der Waals surface area contributed by atoms with Gasteiger partial charge in [0.25, 0.3) is 0 Å². The molecule has 0 aliphatic carbocycles. The van der Waals surface area contributed by atoms with Crippen molar-refractivity contribution >= 4 is 40.1 Å². The van der Waals surface area contributed by atoms with Crippen LogP contribution in [0.2, 0.25) is 9.36 Å². The second-order valence-electron chi connectivity index (χ2n) is 5.36. The zero-order chi connectivity index (χ0) is 17.0. The summed E-state index contributed by atoms with van der Waals surface area (Å²) in [4.78, 5) is 4.73. The Morgan fingerprint density at radius 3 is 1.71 bits per heavy atom. The van der Waals surface area contributed by atoms with Crippen LogP contribution in [0.3, 0.4) is 0 Å². The minimum absolute atomic E-state index is 0.01000. The average Bonchev–Trinajstić information content (AvgIpc) is 2.64. The molecule has 0 saturated carbocycles. The normalized spacial score (nSPS) is 10.3. The van der Waals surface area contributed by atoms with Crippen LogP contribution < -0.4 is 5.32 Å². The Balaban J connectivity index is 0.000000647. The van der Waals surface area contributed by atoms with E-state index >= 15 is 0 Å². The molecule has 1 N–H and O–H groups in total. The van der Waals surface area contributed by atoms with E-state index < -0.39 is 0 Å². The Morgan fingerprint density at radius 1 is 0.708 bits per heavy atom. The molecule has 0 aliphatic heterocycles. The fourth-order valence-corrected chi connectivity index (χ4v) is 2.05. The molecule has 24 heavy (non-hydrogen) atoms. The first-order valence-corrected chi connectivity index (χ1v) is 16.4. The number of nitrogens with zero attached hydrogens (tertiary/aromatic N) is 1. The molecule has 0 bridgehead atoms. The fraction of sp³-hybridized carbons (Fsp3) is 0.0952. The fourth-order valence-electron chi connectivity index (χ4n) is 2.05. The molecule has 3 rings (SSSR count). The van der Waals surface area contributed by atoms with Gasteiger partial charge in [0, 0.05) is 11.3 Å². The molecule has 0 spiro atoms. The second kappa shape index (κ2) is 10.7. The number of aliphatic imine (C=N–C) groups is 1. The van der Waals surface area contributed by atoms with Gasteiger partial charge in [-0.2, -0.15) is 0 Å². The Hall–Kier alpha value is -2.00. The third kappa shape index (κ3) is 6.25. The van der Waals surface area contributed by atoms with Gasteiger partial charge in [0.05, 0.1) is 5.69 Å². The molecular formula is C21H23InN2. The monoisotopic (exact) mass is 418 g/mol. The average molecular weight is 418 g/mol. The second-order valence-corrected chi connectivity index (χ2v) is 9.40. The minimum atomic E-state index is -0.01000. The van der Waals surface area contributed by atoms with Crippen molar-refractivity contribution in [3.63, 3.8) is 0 Å². The van der Waals surface area contributed by atoms with E-state index in [0.717, 1.165) is 22.8 Å². The Kier molecular flexibility index (Phi) is 8.19. The third-order valence-corrected chi connectivity index (χ3v) is 3.08. The van der Waals surface area contributed by atoms with Crippen molar-refractivity contribution in [2.75, 3.05) is 5.32 Å². The summed E-state index contributed by atoms with van der Waals surface area (Å²) in [5.74, 6) is 0.841. The molecule has 0 aromatic heterocycles. The van der Waals surface area contributed by atoms with Crippen molar-refractivity contribution in [1.82, 2.24) is 0 Å². The van der Waals surface area contributed by atoms with Crippen molar-refractivity contribution in [2.24, 2.45) is 4.99 Å². The van der Waals surface area contributed by atoms with Gasteiger partial charge in [-0.15, -0.1) is 0 Å². The van der Waals surface area contributed by atoms with Crippen LogP contribution in [0.5, 0.6) is 0 Å². The summed E-state index contributed by atoms with van der Waals surface area (Å²) < 4.78 is 4.67. The zero-order valence-electron chi connectivity index (χ0n) is 14.3. The van der Waals surface area contributed by atoms with Gasteiger partial charge in [0.15, 0.2) is 0 Å². The molecule has 120 valence electrons. The first-order valence-electron chi connectivity index (χ1n) is 8.34. The SMILES string of the molecule is [CH3][InH][CH3].c1ccc(/N=C(/Nc2ccccc2)c2ccccc2)cc1. The molecular weight excluding hydrogens is 395 g/mol. The number of benzene rings is 3. The molecule has 0 unspecified atom stereocenters. The van der Waals surface area contributed by atoms with E-state index in [-0.39, 0.29) is 22.9 Å². The molecule has 0 heterocycles. The first-order chi connectivity index (χ1) is 11.8. The van der Waals surface area contributed by atoms with Crippen LogP contribution >= 0.6 is 0 Å². The number of rotatable bonds is 3. The number of para-hydroxylation sites is 2. The van der Waals surface area contributed by atoms with Crippen molar-refractivity contribution in [3.05, 3.63) is 96.6 Å². The van der Waals surface area contributed by atoms with Gasteiger partial charge >= 0.3 is 32.3 Å². The quantitative estimate of drug-likeness (QED) is 0.447. The summed E-state index contributed by atoms with van der Waals surface area (Å²) in [5, 5.41) is 3.39. The van der Waals surface area contributed by atoms with Gasteiger partial charge in [-0.3, -0.25) is 0 Å². The molecule has 0 radical (unpaired) electrons. The number of amidine groups is 1. The molecule has 0 fully saturated rings. The van der Waals surface area contributed by atoms with Gasteiger partial charge in [0.2, 0.25) is 0 Å². The molecule has 0 saturated heterocycles. The van der Waals surface area contributed by atoms with E-state index in [0.29, 0.717) is 0 Å². The van der Waals surface area contributed by atoms with Crippen LogP contribution in [-0.2, 0) is 0 Å². The van der Waals surface area contributed by atoms with E-state index in [9.17, 15) is 0 Å². The predicted octanol–water partition coefficient (Wildman–Crippen LogP) is 5.40. The van der Waals surface area contributed by atoms with Crippen LogP contribution in [0.1, 0.15) is 5.56 Å². The summed E-state index contributed by atoms with van der Waals surface area (Å²) >= 11 is -0.01000. The van der Waals surface area contributed by atoms with Crippen LogP contribution in [0.25, 0.3) is 0 Å². The maximum absolute atomic E-state index is 4.73. The van der Waals surface area contributed by atoms with E-state index in [1.165, 1.54) is 0 Å². The van der Waals surface area contributed by atoms with Crippen molar-refractivity contribution in [3.8, 4) is 0 Å². The molecule has 3 aromatic rings. The number of hydrogen-bond acceptors (Lipinski definition) is 1. The number of nitrogens with one attached hydrogen (secondary N) is 1. The standard InChI is InChI=1S/C19H16N2.2CH3.In.H/c1-4-10-16(11-5-1)19(20-17-12-6-2-7-13-17)21-18-14-8-3-9-15-18;;;;/h1-15H,(H,20,21);2*1H3;;. The summed E-state index contributed by atoms with van der Waals surface area (Å²) in [7, 11) is 0. The van der Waals surface area contributed by atoms with E-state index in [1.54, 1.807) is 0 Å². The molecule has 3 aromatic carbocycles. The van der Waals surface area contributed by atoms with E-state index in [1.807, 2.05) is 78.9 Å². The Bertz CT molecular complexity index is 726. The molecule has 3 heteroatoms. The van der Waals surface area contributed by atoms with Gasteiger partial charge in [-0.25, -0.2) is 4.99 Å². The van der Waals surface area contributed by atoms with Crippen LogP contribution in [0.15, 0.2) is 96.0 Å². The maximum Gasteiger partial charge on any atom is 0.138 e. The minimum Gasteiger partial charge on any atom is -0.340 e. The van der Waals surface area contributed by atoms with Crippen molar-refractivity contribution in [2.45, 2.75) is 9.36 Å². The van der Waals surface area contributed by atoms with E-state index in [2.05, 4.69) is 26.8 Å². The Morgan fingerprint density at radius 2 is 1.17 bits per heavy atom. The van der Waals surface area contributed by atoms with Crippen LogP contribution in [-0.4, -0.2) is 28.7 Å². The molecule has 0 aliphatic rings. The van der Waals surface area contributed by atoms with Gasteiger partial charge in [-0.1, -0.05) is 66.7 Å². The van der Waals surface area contributed by atoms with Gasteiger partial charge in [0.1, 0.15) is 5.84 Å². The Labute approximate surface area is 156 Å². The summed E-state index contributed by atoms with van der Waals surface area (Å²) in [5.41, 5.74) is 3.01. The summed E-state index contributed by atoms with van der Waals surface area (Å²) in [6.45, 7) is 0. The molecule has 0 amide bonds. The number of anilines is 1. The van der Waals surface area contributed by atoms with E-state index in [4.69, 9.17) is 4.99 Å². The third-order valence-electron chi connectivity index (χ3n) is 3.08. The topological polar surface area (TPSA) is 24.4 Å². The largest absolute Gasteiger partial charge is 0.340 e. The smallest absolute Gasteiger partial charge is 0.138 e. The van der Waals surface area contributed by atoms with Gasteiger partial charge in [-0.05, 0) is 24.3 Å². The van der Waals surface area contributed by atoms with Crippen LogP contribution in [0, 0.1) is 0 Å². The first kappa shape index (κ1) is 18.3. The number of hydrogen-bond donors (Lipinski definition) is 1. The summed E-state index contributed by atoms with van der Waals surface area (Å²) in [6, 6.07) is 30.2. The maximum atomic E-state index is 4.73. The molecule has 0 atom stereocenters. The van der Waals surface area contributed by atoms with Crippen molar-refractivity contribution in [1.29, 1.82) is 0 Å². The zero-order valence-corrected chi connectivity index (χ0v) is 18.4. The molecule has 2 nitrogen and oxygen atoms in total. The van der Waals surface area contributed by atoms with Gasteiger partial charge < -0.3 is 5.32 Å². The summed E-state index contributed by atoms with van der Waals surface area (Å²) in [6.07, 6.45) is 0. The predicted molar refractivity (Wildman–Crippen MR) is 108 cm³/mol. The van der Waals surface area contributed by atoms with Crippen LogP contribution in [0.4, 0.5) is 11.4 Å².